The monoisotopic (exact) mass is 263 g/mol. The molecule has 19 heavy (non-hydrogen) atoms. The number of carboxylic acid groups (broad SMARTS) is 1. The molecule has 1 aromatic rings. The van der Waals surface area contributed by atoms with Gasteiger partial charge in [0.2, 0.25) is 0 Å². The molecule has 7 nitrogen and oxygen atoms in total. The van der Waals surface area contributed by atoms with Gasteiger partial charge in [-0.1, -0.05) is 0 Å². The predicted octanol–water partition coefficient (Wildman–Crippen LogP) is 1.99. The van der Waals surface area contributed by atoms with Gasteiger partial charge in [0.25, 0.3) is 5.69 Å². The summed E-state index contributed by atoms with van der Waals surface area (Å²) in [6, 6.07) is 5.76. The van der Waals surface area contributed by atoms with Crippen LogP contribution in [-0.2, 0) is 4.79 Å². The highest BCUT2D eigenvalue weighted by Gasteiger charge is 2.27. The fourth-order valence-electron chi connectivity index (χ4n) is 1.30. The van der Waals surface area contributed by atoms with Crippen molar-refractivity contribution in [3.05, 3.63) is 33.9 Å². The molecule has 0 unspecified atom stereocenters. The van der Waals surface area contributed by atoms with Crippen molar-refractivity contribution in [2.45, 2.75) is 13.8 Å². The van der Waals surface area contributed by atoms with Crippen molar-refractivity contribution in [3.8, 4) is 6.07 Å². The molecule has 0 aliphatic heterocycles. The van der Waals surface area contributed by atoms with Crippen molar-refractivity contribution >= 4 is 17.3 Å². The zero-order chi connectivity index (χ0) is 14.6. The summed E-state index contributed by atoms with van der Waals surface area (Å²) in [6.45, 7) is 3.02. The third kappa shape index (κ3) is 3.42. The molecule has 0 atom stereocenters. The number of nitrogens with zero attached hydrogens (tertiary/aromatic N) is 2. The van der Waals surface area contributed by atoms with Gasteiger partial charge in [0.05, 0.1) is 22.0 Å². The number of anilines is 1. The van der Waals surface area contributed by atoms with Crippen molar-refractivity contribution in [2.24, 2.45) is 5.41 Å². The minimum atomic E-state index is -1.07. The van der Waals surface area contributed by atoms with Gasteiger partial charge in [0.15, 0.2) is 0 Å². The zero-order valence-corrected chi connectivity index (χ0v) is 10.5. The normalized spacial score (nSPS) is 10.6. The first-order valence-corrected chi connectivity index (χ1v) is 5.44. The second kappa shape index (κ2) is 5.35. The van der Waals surface area contributed by atoms with Gasteiger partial charge < -0.3 is 10.4 Å². The molecule has 0 radical (unpaired) electrons. The lowest BCUT2D eigenvalue weighted by atomic mass is 9.94. The first-order chi connectivity index (χ1) is 8.77. The summed E-state index contributed by atoms with van der Waals surface area (Å²) in [6.07, 6.45) is 0. The number of nitriles is 1. The molecular weight excluding hydrogens is 250 g/mol. The Balaban J connectivity index is 3.03. The number of aliphatic carboxylic acids is 1. The van der Waals surface area contributed by atoms with Gasteiger partial charge >= 0.3 is 5.97 Å². The van der Waals surface area contributed by atoms with Crippen molar-refractivity contribution < 1.29 is 14.8 Å². The first kappa shape index (κ1) is 14.4. The van der Waals surface area contributed by atoms with Crippen LogP contribution in [0.1, 0.15) is 19.4 Å². The van der Waals surface area contributed by atoms with E-state index < -0.39 is 16.3 Å². The maximum Gasteiger partial charge on any atom is 0.310 e. The van der Waals surface area contributed by atoms with Crippen molar-refractivity contribution in [1.29, 1.82) is 5.26 Å². The molecule has 0 amide bonds. The second-order valence-electron chi connectivity index (χ2n) is 4.64. The summed E-state index contributed by atoms with van der Waals surface area (Å²) >= 11 is 0. The van der Waals surface area contributed by atoms with Crippen LogP contribution in [-0.4, -0.2) is 22.5 Å². The number of nitrogens with one attached hydrogen (secondary N) is 1. The average molecular weight is 263 g/mol. The summed E-state index contributed by atoms with van der Waals surface area (Å²) in [4.78, 5) is 21.2. The molecular formula is C12H13N3O4. The van der Waals surface area contributed by atoms with Crippen molar-refractivity contribution in [2.75, 3.05) is 11.9 Å². The van der Waals surface area contributed by atoms with Crippen LogP contribution in [0.2, 0.25) is 0 Å². The van der Waals surface area contributed by atoms with E-state index in [1.807, 2.05) is 6.07 Å². The Morgan fingerprint density at radius 1 is 1.58 bits per heavy atom. The predicted molar refractivity (Wildman–Crippen MR) is 67.7 cm³/mol. The molecule has 0 saturated carbocycles. The van der Waals surface area contributed by atoms with Gasteiger partial charge in [-0.05, 0) is 26.0 Å². The Morgan fingerprint density at radius 2 is 2.21 bits per heavy atom. The fraction of sp³-hybridized carbons (Fsp3) is 0.333. The van der Waals surface area contributed by atoms with Crippen LogP contribution in [0.25, 0.3) is 0 Å². The lowest BCUT2D eigenvalue weighted by molar-refractivity contribution is -0.384. The Hall–Kier alpha value is -2.62. The van der Waals surface area contributed by atoms with Crippen LogP contribution in [0.15, 0.2) is 18.2 Å². The molecule has 1 aromatic carbocycles. The Bertz CT molecular complexity index is 561. The van der Waals surface area contributed by atoms with Crippen LogP contribution in [0.5, 0.6) is 0 Å². The average Bonchev–Trinajstić information content (AvgIpc) is 2.35. The lowest BCUT2D eigenvalue weighted by Crippen LogP contribution is -2.31. The quantitative estimate of drug-likeness (QED) is 0.619. The highest BCUT2D eigenvalue weighted by Crippen LogP contribution is 2.27. The lowest BCUT2D eigenvalue weighted by Gasteiger charge is -2.20. The van der Waals surface area contributed by atoms with E-state index in [0.29, 0.717) is 0 Å². The van der Waals surface area contributed by atoms with Crippen LogP contribution >= 0.6 is 0 Å². The third-order valence-electron chi connectivity index (χ3n) is 2.62. The van der Waals surface area contributed by atoms with Gasteiger partial charge in [0.1, 0.15) is 5.69 Å². The first-order valence-electron chi connectivity index (χ1n) is 5.44. The molecule has 100 valence electrons. The van der Waals surface area contributed by atoms with Crippen molar-refractivity contribution in [3.63, 3.8) is 0 Å². The fourth-order valence-corrected chi connectivity index (χ4v) is 1.30. The molecule has 0 heterocycles. The third-order valence-corrected chi connectivity index (χ3v) is 2.62. The van der Waals surface area contributed by atoms with Crippen molar-refractivity contribution in [1.82, 2.24) is 0 Å². The zero-order valence-electron chi connectivity index (χ0n) is 10.5. The van der Waals surface area contributed by atoms with E-state index in [2.05, 4.69) is 5.32 Å². The molecule has 0 bridgehead atoms. The van der Waals surface area contributed by atoms with Gasteiger partial charge in [-0.25, -0.2) is 0 Å². The molecule has 0 aliphatic rings. The number of benzene rings is 1. The van der Waals surface area contributed by atoms with E-state index in [-0.39, 0.29) is 23.5 Å². The number of hydrogen-bond donors (Lipinski definition) is 2. The minimum absolute atomic E-state index is 0.0120. The highest BCUT2D eigenvalue weighted by atomic mass is 16.6. The highest BCUT2D eigenvalue weighted by molar-refractivity contribution is 5.75. The van der Waals surface area contributed by atoms with Gasteiger partial charge in [-0.15, -0.1) is 0 Å². The Morgan fingerprint density at radius 3 is 2.68 bits per heavy atom. The van der Waals surface area contributed by atoms with E-state index in [1.165, 1.54) is 32.0 Å². The molecule has 0 spiro atoms. The second-order valence-corrected chi connectivity index (χ2v) is 4.64. The van der Waals surface area contributed by atoms with Crippen LogP contribution < -0.4 is 5.32 Å². The van der Waals surface area contributed by atoms with E-state index in [0.717, 1.165) is 0 Å². The van der Waals surface area contributed by atoms with Crippen LogP contribution in [0.4, 0.5) is 11.4 Å². The Labute approximate surface area is 109 Å². The number of nitro groups is 1. The van der Waals surface area contributed by atoms with Gasteiger partial charge in [-0.2, -0.15) is 5.26 Å². The van der Waals surface area contributed by atoms with Gasteiger partial charge in [-0.3, -0.25) is 14.9 Å². The van der Waals surface area contributed by atoms with E-state index >= 15 is 0 Å². The molecule has 0 aliphatic carbocycles. The van der Waals surface area contributed by atoms with Crippen LogP contribution in [0.3, 0.4) is 0 Å². The maximum atomic E-state index is 11.0. The number of nitro benzene ring substituents is 1. The van der Waals surface area contributed by atoms with E-state index in [9.17, 15) is 14.9 Å². The summed E-state index contributed by atoms with van der Waals surface area (Å²) in [5.74, 6) is -1.01. The maximum absolute atomic E-state index is 11.0. The number of carboxylic acids is 1. The summed E-state index contributed by atoms with van der Waals surface area (Å²) in [7, 11) is 0. The molecule has 2 N–H and O–H groups in total. The number of carbonyl (C=O) groups is 1. The minimum Gasteiger partial charge on any atom is -0.481 e. The SMILES string of the molecule is CC(C)(CNc1cc(C#N)ccc1[N+](=O)[O-])C(=O)O. The number of rotatable bonds is 5. The summed E-state index contributed by atoms with van der Waals surface area (Å²) < 4.78 is 0. The smallest absolute Gasteiger partial charge is 0.310 e. The summed E-state index contributed by atoms with van der Waals surface area (Å²) in [5.41, 5.74) is -0.865. The molecule has 0 aromatic heterocycles. The molecule has 1 rings (SSSR count). The van der Waals surface area contributed by atoms with E-state index in [1.54, 1.807) is 0 Å². The number of hydrogen-bond acceptors (Lipinski definition) is 5. The molecule has 0 saturated heterocycles. The van der Waals surface area contributed by atoms with Crippen LogP contribution in [0, 0.1) is 26.9 Å². The standard InChI is InChI=1S/C12H13N3O4/c1-12(2,11(16)17)7-14-9-5-8(6-13)3-4-10(9)15(18)19/h3-5,14H,7H2,1-2H3,(H,16,17). The Kier molecular flexibility index (Phi) is 4.07. The summed E-state index contributed by atoms with van der Waals surface area (Å²) in [5, 5.41) is 31.3. The topological polar surface area (TPSA) is 116 Å². The molecule has 7 heteroatoms. The van der Waals surface area contributed by atoms with Gasteiger partial charge in [0, 0.05) is 12.6 Å². The van der Waals surface area contributed by atoms with E-state index in [4.69, 9.17) is 10.4 Å². The molecule has 0 fully saturated rings. The largest absolute Gasteiger partial charge is 0.481 e.